The molecule has 1 heterocycles. The Kier molecular flexibility index (Phi) is 5.48. The van der Waals surface area contributed by atoms with Crippen LogP contribution in [0.2, 0.25) is 5.02 Å². The van der Waals surface area contributed by atoms with Crippen molar-refractivity contribution in [3.63, 3.8) is 0 Å². The van der Waals surface area contributed by atoms with Crippen LogP contribution in [0.5, 0.6) is 5.75 Å². The lowest BCUT2D eigenvalue weighted by Gasteiger charge is -2.34. The Morgan fingerprint density at radius 2 is 2.33 bits per heavy atom. The molecule has 0 aromatic heterocycles. The molecule has 1 saturated heterocycles. The summed E-state index contributed by atoms with van der Waals surface area (Å²) >= 11 is 6.04. The van der Waals surface area contributed by atoms with Crippen molar-refractivity contribution in [1.82, 2.24) is 4.90 Å². The van der Waals surface area contributed by atoms with Crippen LogP contribution < -0.4 is 10.5 Å². The van der Waals surface area contributed by atoms with Gasteiger partial charge in [0.2, 0.25) is 0 Å². The zero-order valence-electron chi connectivity index (χ0n) is 12.6. The number of nitrogens with two attached hydrogens (primary N) is 1. The Hall–Kier alpha value is -1.26. The SMILES string of the molecule is Cc1c(Cl)cccc1OCC(=O)N1CCC[C@@H]([C@H](C)N)C1. The van der Waals surface area contributed by atoms with Gasteiger partial charge < -0.3 is 15.4 Å². The van der Waals surface area contributed by atoms with Gasteiger partial charge in [0, 0.05) is 29.7 Å². The molecule has 1 aromatic rings. The predicted octanol–water partition coefficient (Wildman–Crippen LogP) is 2.61. The second-order valence-corrected chi connectivity index (χ2v) is 6.16. The van der Waals surface area contributed by atoms with Gasteiger partial charge in [-0.05, 0) is 44.7 Å². The Balaban J connectivity index is 1.91. The van der Waals surface area contributed by atoms with Crippen LogP contribution >= 0.6 is 11.6 Å². The van der Waals surface area contributed by atoms with Crippen molar-refractivity contribution in [2.45, 2.75) is 32.7 Å². The Morgan fingerprint density at radius 3 is 3.05 bits per heavy atom. The van der Waals surface area contributed by atoms with Crippen LogP contribution in [0.15, 0.2) is 18.2 Å². The Bertz CT molecular complexity index is 505. The molecule has 0 radical (unpaired) electrons. The van der Waals surface area contributed by atoms with Crippen LogP contribution in [0.25, 0.3) is 0 Å². The molecule has 1 aliphatic rings. The minimum atomic E-state index is 0.0136. The Morgan fingerprint density at radius 1 is 1.57 bits per heavy atom. The van der Waals surface area contributed by atoms with Crippen molar-refractivity contribution >= 4 is 17.5 Å². The molecule has 1 aromatic carbocycles. The number of rotatable bonds is 4. The van der Waals surface area contributed by atoms with Crippen molar-refractivity contribution < 1.29 is 9.53 Å². The van der Waals surface area contributed by atoms with Crippen LogP contribution in [-0.2, 0) is 4.79 Å². The minimum Gasteiger partial charge on any atom is -0.483 e. The van der Waals surface area contributed by atoms with E-state index in [4.69, 9.17) is 22.1 Å². The number of likely N-dealkylation sites (tertiary alicyclic amines) is 1. The van der Waals surface area contributed by atoms with Crippen molar-refractivity contribution in [2.75, 3.05) is 19.7 Å². The molecule has 2 N–H and O–H groups in total. The van der Waals surface area contributed by atoms with Crippen molar-refractivity contribution in [1.29, 1.82) is 0 Å². The quantitative estimate of drug-likeness (QED) is 0.930. The first-order chi connectivity index (χ1) is 9.99. The molecule has 116 valence electrons. The van der Waals surface area contributed by atoms with Gasteiger partial charge in [-0.3, -0.25) is 4.79 Å². The van der Waals surface area contributed by atoms with E-state index in [2.05, 4.69) is 0 Å². The van der Waals surface area contributed by atoms with Crippen LogP contribution in [-0.4, -0.2) is 36.5 Å². The van der Waals surface area contributed by atoms with E-state index in [-0.39, 0.29) is 18.6 Å². The fourth-order valence-electron chi connectivity index (χ4n) is 2.64. The van der Waals surface area contributed by atoms with E-state index in [0.717, 1.165) is 31.5 Å². The van der Waals surface area contributed by atoms with E-state index < -0.39 is 0 Å². The van der Waals surface area contributed by atoms with Gasteiger partial charge in [-0.25, -0.2) is 0 Å². The highest BCUT2D eigenvalue weighted by molar-refractivity contribution is 6.31. The van der Waals surface area contributed by atoms with Gasteiger partial charge in [0.25, 0.3) is 5.91 Å². The molecule has 2 rings (SSSR count). The summed E-state index contributed by atoms with van der Waals surface area (Å²) in [5.74, 6) is 1.06. The molecular formula is C16H23ClN2O2. The fourth-order valence-corrected chi connectivity index (χ4v) is 2.81. The van der Waals surface area contributed by atoms with E-state index in [1.165, 1.54) is 0 Å². The summed E-state index contributed by atoms with van der Waals surface area (Å²) in [5.41, 5.74) is 6.81. The molecule has 0 saturated carbocycles. The molecule has 1 amide bonds. The molecule has 0 spiro atoms. The third-order valence-corrected chi connectivity index (χ3v) is 4.53. The number of carbonyl (C=O) groups is 1. The number of carbonyl (C=O) groups excluding carboxylic acids is 1. The molecule has 0 unspecified atom stereocenters. The first kappa shape index (κ1) is 16.1. The van der Waals surface area contributed by atoms with Gasteiger partial charge in [-0.15, -0.1) is 0 Å². The van der Waals surface area contributed by atoms with Crippen molar-refractivity contribution in [3.8, 4) is 5.75 Å². The summed E-state index contributed by atoms with van der Waals surface area (Å²) in [5, 5.41) is 0.648. The second kappa shape index (κ2) is 7.14. The summed E-state index contributed by atoms with van der Waals surface area (Å²) in [7, 11) is 0. The van der Waals surface area contributed by atoms with Crippen molar-refractivity contribution in [2.24, 2.45) is 11.7 Å². The number of benzene rings is 1. The second-order valence-electron chi connectivity index (χ2n) is 5.75. The lowest BCUT2D eigenvalue weighted by Crippen LogP contribution is -2.46. The molecule has 1 aliphatic heterocycles. The molecule has 2 atom stereocenters. The highest BCUT2D eigenvalue weighted by Gasteiger charge is 2.26. The molecule has 0 bridgehead atoms. The van der Waals surface area contributed by atoms with Crippen LogP contribution in [0.1, 0.15) is 25.3 Å². The largest absolute Gasteiger partial charge is 0.483 e. The van der Waals surface area contributed by atoms with Gasteiger partial charge in [-0.1, -0.05) is 17.7 Å². The fraction of sp³-hybridized carbons (Fsp3) is 0.562. The number of halogens is 1. The third-order valence-electron chi connectivity index (χ3n) is 4.12. The van der Waals surface area contributed by atoms with Gasteiger partial charge in [0.1, 0.15) is 5.75 Å². The number of piperidine rings is 1. The molecule has 1 fully saturated rings. The summed E-state index contributed by atoms with van der Waals surface area (Å²) in [4.78, 5) is 14.1. The Labute approximate surface area is 131 Å². The zero-order chi connectivity index (χ0) is 15.4. The normalized spacial score (nSPS) is 20.2. The van der Waals surface area contributed by atoms with E-state index in [1.54, 1.807) is 0 Å². The maximum absolute atomic E-state index is 12.3. The number of ether oxygens (including phenoxy) is 1. The van der Waals surface area contributed by atoms with E-state index in [9.17, 15) is 4.79 Å². The summed E-state index contributed by atoms with van der Waals surface area (Å²) in [6.07, 6.45) is 2.10. The minimum absolute atomic E-state index is 0.0136. The third kappa shape index (κ3) is 4.11. The van der Waals surface area contributed by atoms with Crippen LogP contribution in [0, 0.1) is 12.8 Å². The number of amides is 1. The number of hydrogen-bond donors (Lipinski definition) is 1. The molecule has 21 heavy (non-hydrogen) atoms. The van der Waals surface area contributed by atoms with Crippen LogP contribution in [0.3, 0.4) is 0 Å². The average Bonchev–Trinajstić information content (AvgIpc) is 2.48. The van der Waals surface area contributed by atoms with Crippen molar-refractivity contribution in [3.05, 3.63) is 28.8 Å². The zero-order valence-corrected chi connectivity index (χ0v) is 13.4. The van der Waals surface area contributed by atoms with Gasteiger partial charge >= 0.3 is 0 Å². The lowest BCUT2D eigenvalue weighted by atomic mass is 9.92. The lowest BCUT2D eigenvalue weighted by molar-refractivity contribution is -0.135. The molecule has 4 nitrogen and oxygen atoms in total. The first-order valence-corrected chi connectivity index (χ1v) is 7.78. The molecular weight excluding hydrogens is 288 g/mol. The van der Waals surface area contributed by atoms with Gasteiger partial charge in [0.15, 0.2) is 6.61 Å². The van der Waals surface area contributed by atoms with E-state index >= 15 is 0 Å². The predicted molar refractivity (Wildman–Crippen MR) is 84.6 cm³/mol. The van der Waals surface area contributed by atoms with E-state index in [0.29, 0.717) is 16.7 Å². The van der Waals surface area contributed by atoms with E-state index in [1.807, 2.05) is 36.9 Å². The first-order valence-electron chi connectivity index (χ1n) is 7.40. The highest BCUT2D eigenvalue weighted by Crippen LogP contribution is 2.25. The molecule has 5 heteroatoms. The topological polar surface area (TPSA) is 55.6 Å². The standard InChI is InChI=1S/C16H23ClN2O2/c1-11-14(17)6-3-7-15(11)21-10-16(20)19-8-4-5-13(9-19)12(2)18/h3,6-7,12-13H,4-5,8-10,18H2,1-2H3/t12-,13+/m0/s1. The number of nitrogens with zero attached hydrogens (tertiary/aromatic N) is 1. The summed E-state index contributed by atoms with van der Waals surface area (Å²) in [6.45, 7) is 5.46. The van der Waals surface area contributed by atoms with Gasteiger partial charge in [0.05, 0.1) is 0 Å². The maximum atomic E-state index is 12.3. The maximum Gasteiger partial charge on any atom is 0.260 e. The smallest absolute Gasteiger partial charge is 0.260 e. The van der Waals surface area contributed by atoms with Gasteiger partial charge in [-0.2, -0.15) is 0 Å². The highest BCUT2D eigenvalue weighted by atomic mass is 35.5. The average molecular weight is 311 g/mol. The van der Waals surface area contributed by atoms with Crippen LogP contribution in [0.4, 0.5) is 0 Å². The summed E-state index contributed by atoms with van der Waals surface area (Å²) < 4.78 is 5.62. The number of hydrogen-bond acceptors (Lipinski definition) is 3. The molecule has 0 aliphatic carbocycles. The summed E-state index contributed by atoms with van der Waals surface area (Å²) in [6, 6.07) is 5.58. The monoisotopic (exact) mass is 310 g/mol.